The summed E-state index contributed by atoms with van der Waals surface area (Å²) in [5.41, 5.74) is 3.10. The number of aromatic nitrogens is 4. The minimum absolute atomic E-state index is 0.0922. The number of rotatable bonds is 8. The first-order chi connectivity index (χ1) is 20.2. The molecule has 1 aromatic heterocycles. The molecule has 11 heteroatoms. The summed E-state index contributed by atoms with van der Waals surface area (Å²) < 4.78 is 48.2. The third kappa shape index (κ3) is 6.42. The highest BCUT2D eigenvalue weighted by Gasteiger charge is 2.39. The van der Waals surface area contributed by atoms with Crippen molar-refractivity contribution in [1.29, 1.82) is 0 Å². The van der Waals surface area contributed by atoms with Gasteiger partial charge in [-0.2, -0.15) is 17.9 Å². The van der Waals surface area contributed by atoms with Gasteiger partial charge in [-0.15, -0.1) is 5.10 Å². The number of para-hydroxylation sites is 1. The van der Waals surface area contributed by atoms with Crippen LogP contribution in [0, 0.1) is 19.8 Å². The molecule has 1 fully saturated rings. The van der Waals surface area contributed by atoms with E-state index in [9.17, 15) is 18.3 Å². The number of piperazine rings is 1. The van der Waals surface area contributed by atoms with E-state index in [0.29, 0.717) is 37.6 Å². The van der Waals surface area contributed by atoms with E-state index in [4.69, 9.17) is 4.74 Å². The molecule has 2 aliphatic rings. The number of aryl methyl sites for hydroxylation is 2. The summed E-state index contributed by atoms with van der Waals surface area (Å²) >= 11 is 0. The van der Waals surface area contributed by atoms with Crippen LogP contribution in [0.1, 0.15) is 35.0 Å². The van der Waals surface area contributed by atoms with E-state index in [0.717, 1.165) is 41.5 Å². The number of nitrogens with zero attached hydrogens (tertiary/aromatic N) is 6. The maximum absolute atomic E-state index is 13.8. The molecule has 1 unspecified atom stereocenters. The predicted octanol–water partition coefficient (Wildman–Crippen LogP) is 5.43. The zero-order chi connectivity index (χ0) is 29.9. The SMILES string of the molecule is COc1cc(/C=C/CN2CCN([C@H](c3nnnn3-c3c(C)cccc3C)C3C=C(C(F)(F)F)C=CC3)CC2)ccc1O. The smallest absolute Gasteiger partial charge is 0.416 e. The van der Waals surface area contributed by atoms with Gasteiger partial charge in [0.15, 0.2) is 17.3 Å². The molecular formula is C31H35F3N6O2. The van der Waals surface area contributed by atoms with Crippen molar-refractivity contribution in [2.45, 2.75) is 32.5 Å². The normalized spacial score (nSPS) is 19.3. The van der Waals surface area contributed by atoms with Gasteiger partial charge in [-0.05, 0) is 59.5 Å². The van der Waals surface area contributed by atoms with Gasteiger partial charge in [0.25, 0.3) is 0 Å². The van der Waals surface area contributed by atoms with E-state index in [1.54, 1.807) is 22.9 Å². The number of methoxy groups -OCH3 is 1. The summed E-state index contributed by atoms with van der Waals surface area (Å²) in [6, 6.07) is 10.7. The van der Waals surface area contributed by atoms with Crippen molar-refractivity contribution in [3.63, 3.8) is 0 Å². The Morgan fingerprint density at radius 1 is 1.10 bits per heavy atom. The summed E-state index contributed by atoms with van der Waals surface area (Å²) in [5.74, 6) is 0.603. The van der Waals surface area contributed by atoms with Gasteiger partial charge in [0.2, 0.25) is 0 Å². The fraction of sp³-hybridized carbons (Fsp3) is 0.387. The van der Waals surface area contributed by atoms with Crippen LogP contribution in [0.2, 0.25) is 0 Å². The van der Waals surface area contributed by atoms with E-state index in [-0.39, 0.29) is 5.75 Å². The molecule has 2 aromatic carbocycles. The average molecular weight is 581 g/mol. The van der Waals surface area contributed by atoms with Crippen LogP contribution in [-0.2, 0) is 0 Å². The van der Waals surface area contributed by atoms with Gasteiger partial charge in [-0.25, -0.2) is 0 Å². The minimum atomic E-state index is -4.43. The van der Waals surface area contributed by atoms with Crippen molar-refractivity contribution in [3.8, 4) is 17.2 Å². The molecule has 0 spiro atoms. The van der Waals surface area contributed by atoms with Crippen LogP contribution < -0.4 is 4.74 Å². The predicted molar refractivity (Wildman–Crippen MR) is 154 cm³/mol. The second-order valence-corrected chi connectivity index (χ2v) is 10.7. The minimum Gasteiger partial charge on any atom is -0.504 e. The zero-order valence-electron chi connectivity index (χ0n) is 23.9. The Labute approximate surface area is 243 Å². The summed E-state index contributed by atoms with van der Waals surface area (Å²) in [4.78, 5) is 4.52. The van der Waals surface area contributed by atoms with Crippen LogP contribution in [0.3, 0.4) is 0 Å². The largest absolute Gasteiger partial charge is 0.504 e. The Morgan fingerprint density at radius 2 is 1.83 bits per heavy atom. The Bertz CT molecular complexity index is 1470. The number of phenols is 1. The van der Waals surface area contributed by atoms with Gasteiger partial charge in [0.1, 0.15) is 0 Å². The lowest BCUT2D eigenvalue weighted by Gasteiger charge is -2.41. The average Bonchev–Trinajstić information content (AvgIpc) is 3.43. The third-order valence-electron chi connectivity index (χ3n) is 7.92. The van der Waals surface area contributed by atoms with E-state index in [1.807, 2.05) is 44.2 Å². The van der Waals surface area contributed by atoms with Crippen LogP contribution in [-0.4, -0.2) is 81.1 Å². The second-order valence-electron chi connectivity index (χ2n) is 10.7. The number of hydrogen-bond acceptors (Lipinski definition) is 7. The van der Waals surface area contributed by atoms with Crippen molar-refractivity contribution >= 4 is 6.08 Å². The van der Waals surface area contributed by atoms with Crippen LogP contribution >= 0.6 is 0 Å². The maximum atomic E-state index is 13.8. The first kappa shape index (κ1) is 29.5. The first-order valence-electron chi connectivity index (χ1n) is 14.0. The standard InChI is InChI=1S/C31H35F3N6O2/c1-21-7-4-8-22(2)28(21)40-30(35-36-37-40)29(24-10-5-11-25(20-24)31(32,33)34)39-17-15-38(16-18-39)14-6-9-23-12-13-26(41)27(19-23)42-3/h4-9,11-13,19-20,24,29,41H,10,14-18H2,1-3H3/b9-6+/t24?,29-/m0/s1. The maximum Gasteiger partial charge on any atom is 0.416 e. The van der Waals surface area contributed by atoms with Crippen molar-refractivity contribution in [3.05, 3.63) is 88.8 Å². The number of tetrazole rings is 1. The molecule has 2 atom stereocenters. The van der Waals surface area contributed by atoms with Crippen LogP contribution in [0.4, 0.5) is 13.2 Å². The molecule has 1 N–H and O–H groups in total. The molecule has 0 saturated carbocycles. The van der Waals surface area contributed by atoms with E-state index < -0.39 is 23.7 Å². The van der Waals surface area contributed by atoms with E-state index in [2.05, 4.69) is 31.4 Å². The fourth-order valence-electron chi connectivity index (χ4n) is 5.78. The third-order valence-corrected chi connectivity index (χ3v) is 7.92. The number of benzene rings is 2. The van der Waals surface area contributed by atoms with Crippen LogP contribution in [0.5, 0.6) is 11.5 Å². The Morgan fingerprint density at radius 3 is 2.52 bits per heavy atom. The summed E-state index contributed by atoms with van der Waals surface area (Å²) in [5, 5.41) is 22.5. The number of aromatic hydroxyl groups is 1. The summed E-state index contributed by atoms with van der Waals surface area (Å²) in [6.07, 6.45) is 4.19. The molecule has 1 saturated heterocycles. The molecule has 0 radical (unpaired) electrons. The topological polar surface area (TPSA) is 79.5 Å². The molecule has 0 amide bonds. The summed E-state index contributed by atoms with van der Waals surface area (Å²) in [6.45, 7) is 7.46. The quantitative estimate of drug-likeness (QED) is 0.381. The molecule has 2 heterocycles. The van der Waals surface area contributed by atoms with Gasteiger partial charge >= 0.3 is 6.18 Å². The Hall–Kier alpha value is -3.96. The van der Waals surface area contributed by atoms with Gasteiger partial charge in [0, 0.05) is 38.6 Å². The lowest BCUT2D eigenvalue weighted by Crippen LogP contribution is -2.49. The number of halogens is 3. The summed E-state index contributed by atoms with van der Waals surface area (Å²) in [7, 11) is 1.51. The molecular weight excluding hydrogens is 545 g/mol. The molecule has 1 aliphatic heterocycles. The van der Waals surface area contributed by atoms with Gasteiger partial charge in [-0.1, -0.05) is 54.6 Å². The number of alkyl halides is 3. The molecule has 3 aromatic rings. The number of hydrogen-bond donors (Lipinski definition) is 1. The lowest BCUT2D eigenvalue weighted by molar-refractivity contribution is -0.0892. The molecule has 1 aliphatic carbocycles. The van der Waals surface area contributed by atoms with E-state index >= 15 is 0 Å². The molecule has 42 heavy (non-hydrogen) atoms. The van der Waals surface area contributed by atoms with Crippen molar-refractivity contribution < 1.29 is 23.0 Å². The molecule has 5 rings (SSSR count). The van der Waals surface area contributed by atoms with E-state index in [1.165, 1.54) is 13.2 Å². The highest BCUT2D eigenvalue weighted by molar-refractivity contribution is 5.55. The number of allylic oxidation sites excluding steroid dienone is 3. The van der Waals surface area contributed by atoms with Crippen molar-refractivity contribution in [2.75, 3.05) is 39.8 Å². The van der Waals surface area contributed by atoms with Crippen molar-refractivity contribution in [2.24, 2.45) is 5.92 Å². The Kier molecular flexibility index (Phi) is 8.79. The van der Waals surface area contributed by atoms with Gasteiger partial charge in [-0.3, -0.25) is 9.80 Å². The van der Waals surface area contributed by atoms with Gasteiger partial charge < -0.3 is 9.84 Å². The molecule has 8 nitrogen and oxygen atoms in total. The number of ether oxygens (including phenoxy) is 1. The first-order valence-corrected chi connectivity index (χ1v) is 14.0. The number of phenolic OH excluding ortho intramolecular Hbond substituents is 1. The van der Waals surface area contributed by atoms with Crippen LogP contribution in [0.25, 0.3) is 11.8 Å². The zero-order valence-corrected chi connectivity index (χ0v) is 23.9. The lowest BCUT2D eigenvalue weighted by atomic mass is 9.87. The molecule has 222 valence electrons. The van der Waals surface area contributed by atoms with Gasteiger partial charge in [0.05, 0.1) is 24.4 Å². The second kappa shape index (κ2) is 12.5. The Balaban J connectivity index is 1.38. The monoisotopic (exact) mass is 580 g/mol. The molecule has 0 bridgehead atoms. The highest BCUT2D eigenvalue weighted by atomic mass is 19.4. The highest BCUT2D eigenvalue weighted by Crippen LogP contribution is 2.39. The van der Waals surface area contributed by atoms with Crippen molar-refractivity contribution in [1.82, 2.24) is 30.0 Å². The fourth-order valence-corrected chi connectivity index (χ4v) is 5.78. The van der Waals surface area contributed by atoms with Crippen LogP contribution in [0.15, 0.2) is 66.3 Å².